The van der Waals surface area contributed by atoms with Crippen molar-refractivity contribution >= 4 is 17.1 Å². The molecule has 0 aromatic heterocycles. The highest BCUT2D eigenvalue weighted by molar-refractivity contribution is 5.70. The van der Waals surface area contributed by atoms with Crippen molar-refractivity contribution in [2.45, 2.75) is 20.0 Å². The minimum Gasteiger partial charge on any atom is -0.350 e. The van der Waals surface area contributed by atoms with E-state index in [-0.39, 0.29) is 5.69 Å². The Labute approximate surface area is 124 Å². The first kappa shape index (κ1) is 15.8. The summed E-state index contributed by atoms with van der Waals surface area (Å²) in [4.78, 5) is 10.2. The van der Waals surface area contributed by atoms with Gasteiger partial charge in [-0.15, -0.1) is 0 Å². The molecule has 0 aliphatic carbocycles. The van der Waals surface area contributed by atoms with Gasteiger partial charge in [0.1, 0.15) is 5.69 Å². The summed E-state index contributed by atoms with van der Waals surface area (Å²) >= 11 is 0. The molecule has 7 heteroatoms. The van der Waals surface area contributed by atoms with Gasteiger partial charge in [-0.3, -0.25) is 10.1 Å². The predicted octanol–water partition coefficient (Wildman–Crippen LogP) is 4.97. The lowest BCUT2D eigenvalue weighted by Gasteiger charge is -2.11. The number of nitrogens with zero attached hydrogens (tertiary/aromatic N) is 1. The SMILES string of the molecule is Cc1ccc(Nc2ccc(C(F)(F)F)cc2[N+](=O)[O-])cc1C. The zero-order chi connectivity index (χ0) is 16.5. The molecular formula is C15H13F3N2O2. The fourth-order valence-electron chi connectivity index (χ4n) is 1.94. The summed E-state index contributed by atoms with van der Waals surface area (Å²) in [5.41, 5.74) is 0.942. The molecule has 2 aromatic rings. The van der Waals surface area contributed by atoms with Gasteiger partial charge in [0.25, 0.3) is 5.69 Å². The summed E-state index contributed by atoms with van der Waals surface area (Å²) in [7, 11) is 0. The first-order valence-corrected chi connectivity index (χ1v) is 6.38. The lowest BCUT2D eigenvalue weighted by atomic mass is 10.1. The molecule has 0 saturated heterocycles. The maximum absolute atomic E-state index is 12.6. The van der Waals surface area contributed by atoms with E-state index in [4.69, 9.17) is 0 Å². The van der Waals surface area contributed by atoms with Crippen LogP contribution in [0.25, 0.3) is 0 Å². The van der Waals surface area contributed by atoms with Gasteiger partial charge in [0.05, 0.1) is 10.5 Å². The molecule has 2 rings (SSSR count). The number of aryl methyl sites for hydroxylation is 2. The third kappa shape index (κ3) is 3.36. The van der Waals surface area contributed by atoms with E-state index in [0.717, 1.165) is 23.3 Å². The lowest BCUT2D eigenvalue weighted by Crippen LogP contribution is -2.06. The first-order valence-electron chi connectivity index (χ1n) is 6.38. The van der Waals surface area contributed by atoms with Gasteiger partial charge in [-0.1, -0.05) is 6.07 Å². The molecule has 1 N–H and O–H groups in total. The first-order chi connectivity index (χ1) is 10.2. The Morgan fingerprint density at radius 1 is 1.05 bits per heavy atom. The van der Waals surface area contributed by atoms with E-state index in [1.807, 2.05) is 19.9 Å². The number of nitrogens with one attached hydrogen (secondary N) is 1. The molecule has 22 heavy (non-hydrogen) atoms. The van der Waals surface area contributed by atoms with Gasteiger partial charge in [-0.25, -0.2) is 0 Å². The van der Waals surface area contributed by atoms with Gasteiger partial charge >= 0.3 is 6.18 Å². The quantitative estimate of drug-likeness (QED) is 0.643. The summed E-state index contributed by atoms with van der Waals surface area (Å²) in [6.45, 7) is 3.79. The Kier molecular flexibility index (Phi) is 4.07. The molecule has 0 saturated carbocycles. The average molecular weight is 310 g/mol. The van der Waals surface area contributed by atoms with Crippen molar-refractivity contribution in [3.8, 4) is 0 Å². The van der Waals surface area contributed by atoms with Gasteiger partial charge < -0.3 is 5.32 Å². The number of hydrogen-bond donors (Lipinski definition) is 1. The van der Waals surface area contributed by atoms with Crippen molar-refractivity contribution in [3.05, 3.63) is 63.2 Å². The fraction of sp³-hybridized carbons (Fsp3) is 0.200. The summed E-state index contributed by atoms with van der Waals surface area (Å²) < 4.78 is 37.9. The van der Waals surface area contributed by atoms with E-state index >= 15 is 0 Å². The molecule has 0 unspecified atom stereocenters. The maximum atomic E-state index is 12.6. The molecule has 116 valence electrons. The van der Waals surface area contributed by atoms with Crippen molar-refractivity contribution < 1.29 is 18.1 Å². The number of halogens is 3. The fourth-order valence-corrected chi connectivity index (χ4v) is 1.94. The second-order valence-electron chi connectivity index (χ2n) is 4.91. The van der Waals surface area contributed by atoms with Crippen molar-refractivity contribution in [3.63, 3.8) is 0 Å². The van der Waals surface area contributed by atoms with Crippen LogP contribution in [0.3, 0.4) is 0 Å². The molecule has 0 amide bonds. The molecule has 0 radical (unpaired) electrons. The summed E-state index contributed by atoms with van der Waals surface area (Å²) in [5, 5.41) is 13.8. The van der Waals surface area contributed by atoms with E-state index < -0.39 is 22.4 Å². The molecule has 0 aliphatic heterocycles. The number of alkyl halides is 3. The Balaban J connectivity index is 2.42. The topological polar surface area (TPSA) is 55.2 Å². The molecule has 0 heterocycles. The van der Waals surface area contributed by atoms with Crippen molar-refractivity contribution in [2.24, 2.45) is 0 Å². The van der Waals surface area contributed by atoms with Crippen molar-refractivity contribution in [2.75, 3.05) is 5.32 Å². The Morgan fingerprint density at radius 3 is 2.27 bits per heavy atom. The Bertz CT molecular complexity index is 727. The molecule has 0 spiro atoms. The summed E-state index contributed by atoms with van der Waals surface area (Å²) in [6, 6.07) is 7.73. The molecule has 4 nitrogen and oxygen atoms in total. The van der Waals surface area contributed by atoms with Gasteiger partial charge in [0, 0.05) is 11.8 Å². The number of rotatable bonds is 3. The average Bonchev–Trinajstić information content (AvgIpc) is 2.42. The van der Waals surface area contributed by atoms with Gasteiger partial charge in [0.2, 0.25) is 0 Å². The smallest absolute Gasteiger partial charge is 0.350 e. The minimum absolute atomic E-state index is 0.0150. The van der Waals surface area contributed by atoms with Crippen LogP contribution in [-0.2, 0) is 6.18 Å². The van der Waals surface area contributed by atoms with Crippen LogP contribution in [-0.4, -0.2) is 4.92 Å². The van der Waals surface area contributed by atoms with Crippen LogP contribution in [0.15, 0.2) is 36.4 Å². The largest absolute Gasteiger partial charge is 0.416 e. The van der Waals surface area contributed by atoms with E-state index in [1.54, 1.807) is 12.1 Å². The van der Waals surface area contributed by atoms with Gasteiger partial charge in [-0.05, 0) is 49.2 Å². The van der Waals surface area contributed by atoms with E-state index in [1.165, 1.54) is 0 Å². The van der Waals surface area contributed by atoms with Gasteiger partial charge in [0.15, 0.2) is 0 Å². The number of nitro groups is 1. The second-order valence-corrected chi connectivity index (χ2v) is 4.91. The predicted molar refractivity (Wildman–Crippen MR) is 77.3 cm³/mol. The summed E-state index contributed by atoms with van der Waals surface area (Å²) in [6.07, 6.45) is -4.62. The zero-order valence-electron chi connectivity index (χ0n) is 11.9. The number of hydrogen-bond acceptors (Lipinski definition) is 3. The normalized spacial score (nSPS) is 11.3. The zero-order valence-corrected chi connectivity index (χ0v) is 11.9. The number of nitro benzene ring substituents is 1. The molecular weight excluding hydrogens is 297 g/mol. The standard InChI is InChI=1S/C15H13F3N2O2/c1-9-3-5-12(7-10(9)2)19-13-6-4-11(15(16,17)18)8-14(13)20(21)22/h3-8,19H,1-2H3. The second kappa shape index (κ2) is 5.67. The van der Waals surface area contributed by atoms with Crippen LogP contribution >= 0.6 is 0 Å². The van der Waals surface area contributed by atoms with E-state index in [2.05, 4.69) is 5.32 Å². The number of anilines is 2. The third-order valence-electron chi connectivity index (χ3n) is 3.31. The van der Waals surface area contributed by atoms with Crippen LogP contribution in [0.5, 0.6) is 0 Å². The van der Waals surface area contributed by atoms with Crippen LogP contribution in [0.2, 0.25) is 0 Å². The monoisotopic (exact) mass is 310 g/mol. The lowest BCUT2D eigenvalue weighted by molar-refractivity contribution is -0.384. The van der Waals surface area contributed by atoms with E-state index in [0.29, 0.717) is 11.8 Å². The molecule has 2 aromatic carbocycles. The van der Waals surface area contributed by atoms with Crippen LogP contribution in [0, 0.1) is 24.0 Å². The highest BCUT2D eigenvalue weighted by Gasteiger charge is 2.33. The van der Waals surface area contributed by atoms with Crippen LogP contribution < -0.4 is 5.32 Å². The summed E-state index contributed by atoms with van der Waals surface area (Å²) in [5.74, 6) is 0. The van der Waals surface area contributed by atoms with Crippen LogP contribution in [0.4, 0.5) is 30.2 Å². The third-order valence-corrected chi connectivity index (χ3v) is 3.31. The highest BCUT2D eigenvalue weighted by atomic mass is 19.4. The van der Waals surface area contributed by atoms with Crippen LogP contribution in [0.1, 0.15) is 16.7 Å². The van der Waals surface area contributed by atoms with Crippen molar-refractivity contribution in [1.29, 1.82) is 0 Å². The van der Waals surface area contributed by atoms with Crippen molar-refractivity contribution in [1.82, 2.24) is 0 Å². The minimum atomic E-state index is -4.62. The maximum Gasteiger partial charge on any atom is 0.416 e. The molecule has 0 atom stereocenters. The molecule has 0 bridgehead atoms. The Hall–Kier alpha value is -2.57. The van der Waals surface area contributed by atoms with Gasteiger partial charge in [-0.2, -0.15) is 13.2 Å². The highest BCUT2D eigenvalue weighted by Crippen LogP contribution is 2.36. The van der Waals surface area contributed by atoms with E-state index in [9.17, 15) is 23.3 Å². The number of benzene rings is 2. The molecule has 0 aliphatic rings. The molecule has 0 fully saturated rings. The Morgan fingerprint density at radius 2 is 1.73 bits per heavy atom.